The van der Waals surface area contributed by atoms with Crippen LogP contribution in [0.15, 0.2) is 12.2 Å². The van der Waals surface area contributed by atoms with E-state index in [0.717, 1.165) is 12.8 Å². The van der Waals surface area contributed by atoms with Crippen LogP contribution in [-0.2, 0) is 66.4 Å². The van der Waals surface area contributed by atoms with E-state index in [1.54, 1.807) is 6.92 Å². The van der Waals surface area contributed by atoms with E-state index in [-0.39, 0.29) is 55.9 Å². The summed E-state index contributed by atoms with van der Waals surface area (Å²) in [5.41, 5.74) is 0.176. The Hall–Kier alpha value is -1.47. The minimum absolute atomic E-state index is 0.00675. The maximum Gasteiger partial charge on any atom is 0.330 e. The number of aliphatic hydroxyl groups excluding tert-OH is 4. The van der Waals surface area contributed by atoms with Crippen molar-refractivity contribution in [2.24, 2.45) is 0 Å². The zero-order chi connectivity index (χ0) is 49.2. The Labute approximate surface area is 391 Å². The fourth-order valence-electron chi connectivity index (χ4n) is 4.47. The van der Waals surface area contributed by atoms with Gasteiger partial charge in [0.2, 0.25) is 0 Å². The van der Waals surface area contributed by atoms with Gasteiger partial charge in [0.25, 0.3) is 0 Å². The molecule has 0 aromatic rings. The van der Waals surface area contributed by atoms with Gasteiger partial charge in [-0.25, -0.2) is 4.79 Å². The Morgan fingerprint density at radius 2 is 0.769 bits per heavy atom. The van der Waals surface area contributed by atoms with E-state index in [9.17, 15) is 15.0 Å². The molecule has 0 spiro atoms. The minimum Gasteiger partial charge on any atom is -0.478 e. The van der Waals surface area contributed by atoms with Crippen molar-refractivity contribution in [2.75, 3.05) is 145 Å². The molecule has 0 aromatic carbocycles. The van der Waals surface area contributed by atoms with E-state index < -0.39 is 18.4 Å². The Balaban J connectivity index is -0.00000108. The highest BCUT2D eigenvalue weighted by Crippen LogP contribution is 2.06. The molecule has 0 aliphatic carbocycles. The van der Waals surface area contributed by atoms with Crippen molar-refractivity contribution in [3.63, 3.8) is 0 Å². The van der Waals surface area contributed by atoms with E-state index in [1.807, 2.05) is 34.6 Å². The zero-order valence-corrected chi connectivity index (χ0v) is 41.5. The molecule has 0 radical (unpaired) electrons. The smallest absolute Gasteiger partial charge is 0.330 e. The summed E-state index contributed by atoms with van der Waals surface area (Å²) in [7, 11) is 0. The SMILES string of the molecule is C=C(C)C(=O)O.CC(O)COC(C)COC(C)COC(C)COC(C)COC(C)CO.CCCCCCCCOC(O)COCCOCCOCCOCCOCCOCCOCCO. The zero-order valence-electron chi connectivity index (χ0n) is 41.5. The maximum absolute atomic E-state index is 9.70. The number of hydrogen-bond acceptors (Lipinski definition) is 18. The van der Waals surface area contributed by atoms with Crippen molar-refractivity contribution in [3.8, 4) is 0 Å². The lowest BCUT2D eigenvalue weighted by molar-refractivity contribution is -0.141. The first-order valence-electron chi connectivity index (χ1n) is 23.4. The maximum atomic E-state index is 9.70. The molecule has 65 heavy (non-hydrogen) atoms. The summed E-state index contributed by atoms with van der Waals surface area (Å²) in [5.74, 6) is -0.935. The molecule has 0 aromatic heterocycles. The lowest BCUT2D eigenvalue weighted by Crippen LogP contribution is -2.29. The number of ether oxygens (including phenoxy) is 13. The average Bonchev–Trinajstić information content (AvgIpc) is 3.28. The highest BCUT2D eigenvalue weighted by Gasteiger charge is 2.13. The lowest BCUT2D eigenvalue weighted by Gasteiger charge is -2.22. The highest BCUT2D eigenvalue weighted by atomic mass is 16.6. The van der Waals surface area contributed by atoms with E-state index >= 15 is 0 Å². The van der Waals surface area contributed by atoms with Crippen molar-refractivity contribution in [1.82, 2.24) is 0 Å². The first-order chi connectivity index (χ1) is 31.2. The largest absolute Gasteiger partial charge is 0.478 e. The number of aliphatic carboxylic acids is 1. The van der Waals surface area contributed by atoms with E-state index in [4.69, 9.17) is 76.9 Å². The predicted octanol–water partition coefficient (Wildman–Crippen LogP) is 3.82. The van der Waals surface area contributed by atoms with Gasteiger partial charge in [0.1, 0.15) is 0 Å². The van der Waals surface area contributed by atoms with Crippen LogP contribution in [0.2, 0.25) is 0 Å². The van der Waals surface area contributed by atoms with Gasteiger partial charge in [-0.15, -0.1) is 0 Å². The molecule has 392 valence electrons. The Morgan fingerprint density at radius 1 is 0.446 bits per heavy atom. The lowest BCUT2D eigenvalue weighted by atomic mass is 10.1. The second kappa shape index (κ2) is 53.5. The monoisotopic (exact) mass is 951 g/mol. The third kappa shape index (κ3) is 60.5. The fraction of sp³-hybridized carbons (Fsp3) is 0.935. The van der Waals surface area contributed by atoms with Crippen LogP contribution >= 0.6 is 0 Å². The van der Waals surface area contributed by atoms with Crippen LogP contribution < -0.4 is 0 Å². The van der Waals surface area contributed by atoms with Crippen LogP contribution in [-0.4, -0.2) is 220 Å². The van der Waals surface area contributed by atoms with Crippen molar-refractivity contribution in [2.45, 2.75) is 137 Å². The molecule has 0 aliphatic rings. The standard InChI is InChI=1S/C24H50O10.C18H38O7.C4H6O2/c1-2-3-4-5-6-7-9-34-24(26)23-33-22-21-32-20-19-31-18-17-30-16-15-29-14-13-28-12-11-27-10-8-25;1-13(20)8-21-15(3)10-23-17(5)12-25-18(6)11-24-16(4)9-22-14(2)7-19;1-3(2)4(5)6/h24-26H,2-23H2,1H3;13-20H,7-12H2,1-6H3;1H2,2H3,(H,5,6). The minimum atomic E-state index is -0.935. The third-order valence-electron chi connectivity index (χ3n) is 8.24. The number of hydrogen-bond donors (Lipinski definition) is 5. The molecule has 19 heteroatoms. The molecular formula is C46H94O19. The Kier molecular flexibility index (Phi) is 55.8. The second-order valence-electron chi connectivity index (χ2n) is 15.4. The highest BCUT2D eigenvalue weighted by molar-refractivity contribution is 5.84. The molecule has 5 N–H and O–H groups in total. The predicted molar refractivity (Wildman–Crippen MR) is 246 cm³/mol. The summed E-state index contributed by atoms with van der Waals surface area (Å²) in [6.45, 7) is 27.1. The van der Waals surface area contributed by atoms with Gasteiger partial charge < -0.3 is 87.1 Å². The molecule has 0 rings (SSSR count). The molecule has 19 nitrogen and oxygen atoms in total. The van der Waals surface area contributed by atoms with E-state index in [2.05, 4.69) is 13.5 Å². The van der Waals surface area contributed by atoms with Crippen molar-refractivity contribution < 1.29 is 91.9 Å². The molecule has 0 saturated heterocycles. The van der Waals surface area contributed by atoms with Gasteiger partial charge in [-0.05, 0) is 54.9 Å². The molecule has 0 bridgehead atoms. The number of carboxylic acid groups (broad SMARTS) is 1. The van der Waals surface area contributed by atoms with E-state index in [1.165, 1.54) is 32.6 Å². The first-order valence-corrected chi connectivity index (χ1v) is 23.4. The van der Waals surface area contributed by atoms with Gasteiger partial charge in [0, 0.05) is 12.2 Å². The third-order valence-corrected chi connectivity index (χ3v) is 8.24. The van der Waals surface area contributed by atoms with Crippen LogP contribution in [0.4, 0.5) is 0 Å². The molecule has 7 atom stereocenters. The summed E-state index contributed by atoms with van der Waals surface area (Å²) in [4.78, 5) is 9.60. The van der Waals surface area contributed by atoms with Crippen LogP contribution in [0.5, 0.6) is 0 Å². The summed E-state index contributed by atoms with van der Waals surface area (Å²) in [6, 6.07) is 0. The van der Waals surface area contributed by atoms with Crippen molar-refractivity contribution in [1.29, 1.82) is 0 Å². The quantitative estimate of drug-likeness (QED) is 0.0331. The van der Waals surface area contributed by atoms with Gasteiger partial charge in [-0.2, -0.15) is 0 Å². The number of aliphatic hydroxyl groups is 4. The topological polar surface area (TPSA) is 238 Å². The van der Waals surface area contributed by atoms with Crippen molar-refractivity contribution >= 4 is 5.97 Å². The summed E-state index contributed by atoms with van der Waals surface area (Å²) >= 11 is 0. The average molecular weight is 951 g/mol. The normalized spacial score (nSPS) is 14.6. The van der Waals surface area contributed by atoms with Crippen LogP contribution in [0.3, 0.4) is 0 Å². The Morgan fingerprint density at radius 3 is 1.11 bits per heavy atom. The molecule has 0 aliphatic heterocycles. The number of unbranched alkanes of at least 4 members (excludes halogenated alkanes) is 5. The molecular weight excluding hydrogens is 856 g/mol. The summed E-state index contributed by atoms with van der Waals surface area (Å²) in [6.07, 6.45) is 5.42. The summed E-state index contributed by atoms with van der Waals surface area (Å²) < 4.78 is 70.6. The molecule has 0 saturated carbocycles. The number of carbonyl (C=O) groups is 1. The second-order valence-corrected chi connectivity index (χ2v) is 15.4. The molecule has 7 unspecified atom stereocenters. The molecule has 0 heterocycles. The number of rotatable bonds is 47. The number of carboxylic acids is 1. The van der Waals surface area contributed by atoms with Crippen molar-refractivity contribution in [3.05, 3.63) is 12.2 Å². The van der Waals surface area contributed by atoms with Gasteiger partial charge in [-0.3, -0.25) is 0 Å². The fourth-order valence-corrected chi connectivity index (χ4v) is 4.47. The van der Waals surface area contributed by atoms with Crippen LogP contribution in [0.25, 0.3) is 0 Å². The molecule has 0 fully saturated rings. The van der Waals surface area contributed by atoms with Gasteiger partial charge in [0.15, 0.2) is 6.29 Å². The van der Waals surface area contributed by atoms with Crippen LogP contribution in [0, 0.1) is 0 Å². The molecule has 0 amide bonds. The van der Waals surface area contributed by atoms with Gasteiger partial charge in [0.05, 0.1) is 175 Å². The first kappa shape index (κ1) is 67.8. The summed E-state index contributed by atoms with van der Waals surface area (Å²) in [5, 5.41) is 44.2. The van der Waals surface area contributed by atoms with Crippen LogP contribution in [0.1, 0.15) is 93.9 Å². The van der Waals surface area contributed by atoms with E-state index in [0.29, 0.717) is 126 Å². The van der Waals surface area contributed by atoms with Gasteiger partial charge in [-0.1, -0.05) is 45.6 Å². The Bertz CT molecular complexity index is 954. The van der Waals surface area contributed by atoms with Gasteiger partial charge >= 0.3 is 5.97 Å².